The smallest absolute Gasteiger partial charge is 0.156 e. The van der Waals surface area contributed by atoms with Crippen molar-refractivity contribution in [1.29, 1.82) is 0 Å². The van der Waals surface area contributed by atoms with E-state index in [0.717, 1.165) is 11.2 Å². The monoisotopic (exact) mass is 215 g/mol. The third kappa shape index (κ3) is 2.45. The maximum absolute atomic E-state index is 4.12. The summed E-state index contributed by atoms with van der Waals surface area (Å²) in [5, 5.41) is 4.03. The number of rotatable bonds is 0. The lowest BCUT2D eigenvalue weighted by molar-refractivity contribution is 0.960. The van der Waals surface area contributed by atoms with Crippen LogP contribution < -0.4 is 0 Å². The first-order valence-electron chi connectivity index (χ1n) is 4.87. The molecule has 15 heavy (non-hydrogen) atoms. The summed E-state index contributed by atoms with van der Waals surface area (Å²) >= 11 is 0. The van der Waals surface area contributed by atoms with Crippen LogP contribution in [0, 0.1) is 11.5 Å². The molecular weight excluding hydrogens is 202 g/mol. The molecule has 4 heteroatoms. The van der Waals surface area contributed by atoms with Crippen LogP contribution in [-0.2, 0) is 0 Å². The molecule has 0 aliphatic carbocycles. The van der Waals surface area contributed by atoms with Crippen LogP contribution in [0.1, 0.15) is 5.56 Å². The zero-order chi connectivity index (χ0) is 10.9. The molecule has 2 heterocycles. The maximum Gasteiger partial charge on any atom is 0.156 e. The lowest BCUT2D eigenvalue weighted by Crippen LogP contribution is -2.16. The highest BCUT2D eigenvalue weighted by Crippen LogP contribution is 2.03. The van der Waals surface area contributed by atoms with E-state index in [-0.39, 0.29) is 0 Å². The Morgan fingerprint density at radius 1 is 1.33 bits per heavy atom. The number of pyridine rings is 1. The van der Waals surface area contributed by atoms with Crippen molar-refractivity contribution < 1.29 is 0 Å². The maximum atomic E-state index is 4.12. The van der Waals surface area contributed by atoms with Crippen molar-refractivity contribution in [2.45, 2.75) is 19.6 Å². The summed E-state index contributed by atoms with van der Waals surface area (Å²) in [6, 6.07) is 3.93. The largest absolute Gasteiger partial charge is 0.221 e. The van der Waals surface area contributed by atoms with Gasteiger partial charge in [-0.05, 0) is 12.1 Å². The van der Waals surface area contributed by atoms with Crippen LogP contribution in [0.2, 0.25) is 19.6 Å². The fraction of sp³-hybridized carbons (Fsp3) is 0.273. The molecule has 2 aromatic heterocycles. The Hall–Kier alpha value is -1.60. The topological polar surface area (TPSA) is 30.2 Å². The molecule has 0 fully saturated rings. The van der Waals surface area contributed by atoms with Gasteiger partial charge in [-0.3, -0.25) is 0 Å². The van der Waals surface area contributed by atoms with Crippen molar-refractivity contribution in [3.8, 4) is 11.5 Å². The van der Waals surface area contributed by atoms with E-state index in [1.165, 1.54) is 0 Å². The molecule has 0 aliphatic rings. The Labute approximate surface area is 90.2 Å². The van der Waals surface area contributed by atoms with Crippen LogP contribution >= 0.6 is 0 Å². The molecule has 0 aliphatic heterocycles. The van der Waals surface area contributed by atoms with Crippen molar-refractivity contribution in [3.05, 3.63) is 30.2 Å². The van der Waals surface area contributed by atoms with Gasteiger partial charge in [-0.2, -0.15) is 5.10 Å². The number of fused-ring (bicyclic) bond motifs is 1. The summed E-state index contributed by atoms with van der Waals surface area (Å²) in [5.41, 5.74) is 5.18. The first-order chi connectivity index (χ1) is 7.04. The van der Waals surface area contributed by atoms with Gasteiger partial charge in [0, 0.05) is 11.8 Å². The fourth-order valence-electron chi connectivity index (χ4n) is 1.15. The second-order valence-electron chi connectivity index (χ2n) is 4.48. The van der Waals surface area contributed by atoms with Gasteiger partial charge in [-0.1, -0.05) is 25.6 Å². The van der Waals surface area contributed by atoms with E-state index in [1.807, 2.05) is 18.3 Å². The second kappa shape index (κ2) is 3.52. The van der Waals surface area contributed by atoms with Gasteiger partial charge in [-0.15, -0.1) is 5.54 Å². The molecule has 0 amide bonds. The summed E-state index contributed by atoms with van der Waals surface area (Å²) in [5.74, 6) is 3.20. The van der Waals surface area contributed by atoms with E-state index in [0.29, 0.717) is 0 Å². The number of hydrogen-bond donors (Lipinski definition) is 0. The number of aromatic nitrogens is 3. The van der Waals surface area contributed by atoms with Crippen LogP contribution in [0.15, 0.2) is 24.7 Å². The third-order valence-electron chi connectivity index (χ3n) is 1.86. The molecule has 2 aromatic rings. The van der Waals surface area contributed by atoms with Crippen molar-refractivity contribution >= 4 is 13.7 Å². The first-order valence-corrected chi connectivity index (χ1v) is 8.37. The highest BCUT2D eigenvalue weighted by molar-refractivity contribution is 6.83. The average molecular weight is 215 g/mol. The molecule has 2 rings (SSSR count). The Morgan fingerprint density at radius 2 is 2.13 bits per heavy atom. The molecule has 0 unspecified atom stereocenters. The molecule has 0 radical (unpaired) electrons. The van der Waals surface area contributed by atoms with Crippen molar-refractivity contribution in [1.82, 2.24) is 14.6 Å². The first kappa shape index (κ1) is 9.93. The van der Waals surface area contributed by atoms with Crippen LogP contribution in [0.5, 0.6) is 0 Å². The van der Waals surface area contributed by atoms with E-state index in [1.54, 1.807) is 10.8 Å². The van der Waals surface area contributed by atoms with E-state index in [4.69, 9.17) is 0 Å². The minimum absolute atomic E-state index is 0.845. The highest BCUT2D eigenvalue weighted by atomic mass is 28.3. The standard InChI is InChI=1S/C11H13N3Si/c1-15(2,3)7-5-10-4-6-14-11(8-10)12-9-13-14/h4,6,8-9H,1-3H3. The SMILES string of the molecule is C[Si](C)(C)C#Cc1ccn2ncnc2c1. The number of hydrogen-bond acceptors (Lipinski definition) is 2. The molecule has 0 N–H and O–H groups in total. The molecule has 0 aromatic carbocycles. The predicted molar refractivity (Wildman–Crippen MR) is 63.2 cm³/mol. The second-order valence-corrected chi connectivity index (χ2v) is 9.23. The Kier molecular flexibility index (Phi) is 2.33. The van der Waals surface area contributed by atoms with Crippen LogP contribution in [0.4, 0.5) is 0 Å². The molecule has 0 saturated heterocycles. The molecule has 0 atom stereocenters. The summed E-state index contributed by atoms with van der Waals surface area (Å²) in [7, 11) is -1.30. The lowest BCUT2D eigenvalue weighted by Gasteiger charge is -2.03. The molecule has 0 spiro atoms. The van der Waals surface area contributed by atoms with Gasteiger partial charge in [-0.25, -0.2) is 9.50 Å². The Bertz CT molecular complexity index is 540. The Morgan fingerprint density at radius 3 is 2.87 bits per heavy atom. The molecular formula is C11H13N3Si. The van der Waals surface area contributed by atoms with Crippen LogP contribution in [-0.4, -0.2) is 22.7 Å². The zero-order valence-electron chi connectivity index (χ0n) is 9.15. The van der Waals surface area contributed by atoms with Gasteiger partial charge in [0.1, 0.15) is 14.4 Å². The minimum atomic E-state index is -1.30. The van der Waals surface area contributed by atoms with Gasteiger partial charge in [0.2, 0.25) is 0 Å². The van der Waals surface area contributed by atoms with E-state index in [2.05, 4.69) is 41.2 Å². The number of nitrogens with zero attached hydrogens (tertiary/aromatic N) is 3. The highest BCUT2D eigenvalue weighted by Gasteiger charge is 2.07. The van der Waals surface area contributed by atoms with Gasteiger partial charge >= 0.3 is 0 Å². The third-order valence-corrected chi connectivity index (χ3v) is 2.74. The fourth-order valence-corrected chi connectivity index (χ4v) is 1.67. The zero-order valence-corrected chi connectivity index (χ0v) is 10.2. The van der Waals surface area contributed by atoms with E-state index >= 15 is 0 Å². The Balaban J connectivity index is 2.39. The van der Waals surface area contributed by atoms with Gasteiger partial charge in [0.15, 0.2) is 5.65 Å². The average Bonchev–Trinajstić information content (AvgIpc) is 2.60. The predicted octanol–water partition coefficient (Wildman–Crippen LogP) is 1.96. The van der Waals surface area contributed by atoms with Gasteiger partial charge < -0.3 is 0 Å². The van der Waals surface area contributed by atoms with Gasteiger partial charge in [0.25, 0.3) is 0 Å². The van der Waals surface area contributed by atoms with Crippen LogP contribution in [0.3, 0.4) is 0 Å². The lowest BCUT2D eigenvalue weighted by atomic mass is 10.3. The summed E-state index contributed by atoms with van der Waals surface area (Å²) < 4.78 is 1.74. The minimum Gasteiger partial charge on any atom is -0.221 e. The van der Waals surface area contributed by atoms with Crippen molar-refractivity contribution in [3.63, 3.8) is 0 Å². The molecule has 0 bridgehead atoms. The summed E-state index contributed by atoms with van der Waals surface area (Å²) in [6.07, 6.45) is 3.43. The van der Waals surface area contributed by atoms with Crippen molar-refractivity contribution in [2.75, 3.05) is 0 Å². The van der Waals surface area contributed by atoms with Crippen molar-refractivity contribution in [2.24, 2.45) is 0 Å². The molecule has 0 saturated carbocycles. The molecule has 76 valence electrons. The van der Waals surface area contributed by atoms with E-state index in [9.17, 15) is 0 Å². The van der Waals surface area contributed by atoms with E-state index < -0.39 is 8.07 Å². The normalized spacial score (nSPS) is 11.1. The summed E-state index contributed by atoms with van der Waals surface area (Å²) in [4.78, 5) is 4.12. The summed E-state index contributed by atoms with van der Waals surface area (Å²) in [6.45, 7) is 6.70. The quantitative estimate of drug-likeness (QED) is 0.497. The van der Waals surface area contributed by atoms with Crippen LogP contribution in [0.25, 0.3) is 5.65 Å². The van der Waals surface area contributed by atoms with Gasteiger partial charge in [0.05, 0.1) is 0 Å². The molecule has 3 nitrogen and oxygen atoms in total.